The van der Waals surface area contributed by atoms with E-state index in [0.29, 0.717) is 0 Å². The quantitative estimate of drug-likeness (QED) is 0.536. The molecule has 0 bridgehead atoms. The normalized spacial score (nSPS) is 10.7. The summed E-state index contributed by atoms with van der Waals surface area (Å²) in [6.45, 7) is 4.55. The molecule has 0 aliphatic rings. The van der Waals surface area contributed by atoms with E-state index in [-0.39, 0.29) is 0 Å². The van der Waals surface area contributed by atoms with Gasteiger partial charge in [0.25, 0.3) is 0 Å². The van der Waals surface area contributed by atoms with Gasteiger partial charge in [0, 0.05) is 0 Å². The van der Waals surface area contributed by atoms with Crippen molar-refractivity contribution in [2.45, 2.75) is 33.1 Å². The first kappa shape index (κ1) is 15.6. The standard InChI is InChI=1S/C23H24/c1-3-21-20(17-18-11-7-5-8-12-18)15-16-23(22(21)4-2)19-13-9-6-10-14-19/h5-16H,3-4,17H2,1-2H3. The summed E-state index contributed by atoms with van der Waals surface area (Å²) in [7, 11) is 0. The van der Waals surface area contributed by atoms with Crippen molar-refractivity contribution in [1.82, 2.24) is 0 Å². The van der Waals surface area contributed by atoms with Crippen molar-refractivity contribution >= 4 is 0 Å². The lowest BCUT2D eigenvalue weighted by Gasteiger charge is -2.18. The number of hydrogen-bond donors (Lipinski definition) is 0. The average Bonchev–Trinajstić information content (AvgIpc) is 2.62. The lowest BCUT2D eigenvalue weighted by molar-refractivity contribution is 0.996. The summed E-state index contributed by atoms with van der Waals surface area (Å²) in [5.41, 5.74) is 8.60. The number of hydrogen-bond acceptors (Lipinski definition) is 0. The fourth-order valence-corrected chi connectivity index (χ4v) is 3.46. The van der Waals surface area contributed by atoms with E-state index in [0.717, 1.165) is 19.3 Å². The molecule has 0 heteroatoms. The molecule has 0 unspecified atom stereocenters. The molecule has 3 rings (SSSR count). The van der Waals surface area contributed by atoms with Gasteiger partial charge in [0.2, 0.25) is 0 Å². The van der Waals surface area contributed by atoms with Crippen molar-refractivity contribution in [2.24, 2.45) is 0 Å². The molecule has 0 nitrogen and oxygen atoms in total. The van der Waals surface area contributed by atoms with Crippen LogP contribution in [0, 0.1) is 0 Å². The van der Waals surface area contributed by atoms with E-state index in [9.17, 15) is 0 Å². The Labute approximate surface area is 139 Å². The summed E-state index contributed by atoms with van der Waals surface area (Å²) < 4.78 is 0. The Morgan fingerprint density at radius 1 is 0.609 bits per heavy atom. The van der Waals surface area contributed by atoms with Crippen molar-refractivity contribution in [3.63, 3.8) is 0 Å². The fraction of sp³-hybridized carbons (Fsp3) is 0.217. The third-order valence-electron chi connectivity index (χ3n) is 4.56. The maximum atomic E-state index is 2.33. The van der Waals surface area contributed by atoms with Crippen LogP contribution in [0.2, 0.25) is 0 Å². The van der Waals surface area contributed by atoms with Crippen LogP contribution in [-0.2, 0) is 19.3 Å². The minimum atomic E-state index is 1.02. The molecule has 3 aromatic rings. The summed E-state index contributed by atoms with van der Waals surface area (Å²) in [5, 5.41) is 0. The van der Waals surface area contributed by atoms with Gasteiger partial charge in [-0.25, -0.2) is 0 Å². The van der Waals surface area contributed by atoms with Crippen LogP contribution < -0.4 is 0 Å². The molecule has 116 valence electrons. The molecule has 0 aromatic heterocycles. The Hall–Kier alpha value is -2.34. The summed E-state index contributed by atoms with van der Waals surface area (Å²) in [5.74, 6) is 0. The van der Waals surface area contributed by atoms with E-state index in [1.165, 1.54) is 33.4 Å². The molecule has 0 aliphatic carbocycles. The largest absolute Gasteiger partial charge is 0.0622 e. The zero-order valence-corrected chi connectivity index (χ0v) is 14.0. The highest BCUT2D eigenvalue weighted by molar-refractivity contribution is 5.70. The maximum absolute atomic E-state index is 2.33. The predicted molar refractivity (Wildman–Crippen MR) is 99.9 cm³/mol. The second-order valence-corrected chi connectivity index (χ2v) is 5.96. The van der Waals surface area contributed by atoms with Gasteiger partial charge in [-0.2, -0.15) is 0 Å². The molecule has 0 saturated heterocycles. The Bertz CT molecular complexity index is 755. The molecule has 0 radical (unpaired) electrons. The van der Waals surface area contributed by atoms with Gasteiger partial charge in [-0.15, -0.1) is 0 Å². The average molecular weight is 300 g/mol. The number of benzene rings is 3. The minimum absolute atomic E-state index is 1.02. The van der Waals surface area contributed by atoms with Gasteiger partial charge in [0.05, 0.1) is 0 Å². The van der Waals surface area contributed by atoms with Crippen molar-refractivity contribution < 1.29 is 0 Å². The zero-order chi connectivity index (χ0) is 16.1. The van der Waals surface area contributed by atoms with Crippen molar-refractivity contribution in [3.8, 4) is 11.1 Å². The molecule has 0 amide bonds. The van der Waals surface area contributed by atoms with Gasteiger partial charge < -0.3 is 0 Å². The molecule has 0 heterocycles. The van der Waals surface area contributed by atoms with Crippen molar-refractivity contribution in [3.05, 3.63) is 95.1 Å². The van der Waals surface area contributed by atoms with E-state index >= 15 is 0 Å². The topological polar surface area (TPSA) is 0 Å². The molecule has 0 spiro atoms. The SMILES string of the molecule is CCc1c(Cc2ccccc2)ccc(-c2ccccc2)c1CC. The summed E-state index contributed by atoms with van der Waals surface area (Å²) in [4.78, 5) is 0. The second-order valence-electron chi connectivity index (χ2n) is 5.96. The van der Waals surface area contributed by atoms with E-state index in [1.807, 2.05) is 0 Å². The van der Waals surface area contributed by atoms with Gasteiger partial charge in [-0.3, -0.25) is 0 Å². The highest BCUT2D eigenvalue weighted by Gasteiger charge is 2.12. The fourth-order valence-electron chi connectivity index (χ4n) is 3.46. The molecule has 0 N–H and O–H groups in total. The van der Waals surface area contributed by atoms with E-state index in [1.54, 1.807) is 0 Å². The minimum Gasteiger partial charge on any atom is -0.0622 e. The second kappa shape index (κ2) is 7.28. The Balaban J connectivity index is 2.06. The van der Waals surface area contributed by atoms with Gasteiger partial charge in [-0.05, 0) is 52.6 Å². The van der Waals surface area contributed by atoms with Gasteiger partial charge >= 0.3 is 0 Å². The van der Waals surface area contributed by atoms with Crippen molar-refractivity contribution in [1.29, 1.82) is 0 Å². The summed E-state index contributed by atoms with van der Waals surface area (Å²) in [6, 6.07) is 26.2. The van der Waals surface area contributed by atoms with E-state index in [2.05, 4.69) is 86.6 Å². The van der Waals surface area contributed by atoms with Crippen LogP contribution in [0.3, 0.4) is 0 Å². The predicted octanol–water partition coefficient (Wildman–Crippen LogP) is 6.07. The van der Waals surface area contributed by atoms with Crippen LogP contribution in [0.25, 0.3) is 11.1 Å². The third kappa shape index (κ3) is 3.37. The van der Waals surface area contributed by atoms with Gasteiger partial charge in [0.15, 0.2) is 0 Å². The monoisotopic (exact) mass is 300 g/mol. The zero-order valence-electron chi connectivity index (χ0n) is 14.0. The molecule has 0 aliphatic heterocycles. The van der Waals surface area contributed by atoms with Crippen molar-refractivity contribution in [2.75, 3.05) is 0 Å². The molecule has 0 atom stereocenters. The molecule has 23 heavy (non-hydrogen) atoms. The smallest absolute Gasteiger partial charge is 0.00229 e. The first-order valence-corrected chi connectivity index (χ1v) is 8.56. The highest BCUT2D eigenvalue weighted by atomic mass is 14.2. The molecule has 0 fully saturated rings. The van der Waals surface area contributed by atoms with E-state index in [4.69, 9.17) is 0 Å². The van der Waals surface area contributed by atoms with Gasteiger partial charge in [0.1, 0.15) is 0 Å². The van der Waals surface area contributed by atoms with Crippen LogP contribution in [0.15, 0.2) is 72.8 Å². The first-order chi connectivity index (χ1) is 11.3. The maximum Gasteiger partial charge on any atom is -0.00229 e. The Kier molecular flexibility index (Phi) is 4.92. The Morgan fingerprint density at radius 2 is 1.22 bits per heavy atom. The number of rotatable bonds is 5. The lowest BCUT2D eigenvalue weighted by atomic mass is 9.87. The van der Waals surface area contributed by atoms with Crippen LogP contribution in [0.4, 0.5) is 0 Å². The first-order valence-electron chi connectivity index (χ1n) is 8.56. The summed E-state index contributed by atoms with van der Waals surface area (Å²) >= 11 is 0. The molecular formula is C23H24. The van der Waals surface area contributed by atoms with Crippen LogP contribution in [0.5, 0.6) is 0 Å². The molecule has 0 saturated carbocycles. The van der Waals surface area contributed by atoms with Gasteiger partial charge in [-0.1, -0.05) is 86.6 Å². The third-order valence-corrected chi connectivity index (χ3v) is 4.56. The lowest BCUT2D eigenvalue weighted by Crippen LogP contribution is -2.02. The van der Waals surface area contributed by atoms with E-state index < -0.39 is 0 Å². The molecule has 3 aromatic carbocycles. The molecular weight excluding hydrogens is 276 g/mol. The van der Waals surface area contributed by atoms with Crippen LogP contribution in [0.1, 0.15) is 36.1 Å². The summed E-state index contributed by atoms with van der Waals surface area (Å²) in [6.07, 6.45) is 3.19. The van der Waals surface area contributed by atoms with Crippen LogP contribution >= 0.6 is 0 Å². The van der Waals surface area contributed by atoms with Crippen LogP contribution in [-0.4, -0.2) is 0 Å². The Morgan fingerprint density at radius 3 is 1.83 bits per heavy atom. The highest BCUT2D eigenvalue weighted by Crippen LogP contribution is 2.30.